The predicted octanol–water partition coefficient (Wildman–Crippen LogP) is 4.50. The quantitative estimate of drug-likeness (QED) is 0.493. The van der Waals surface area contributed by atoms with Gasteiger partial charge in [0.2, 0.25) is 15.9 Å². The smallest absolute Gasteiger partial charge is 0.241 e. The molecule has 0 unspecified atom stereocenters. The van der Waals surface area contributed by atoms with Crippen LogP contribution in [-0.4, -0.2) is 51.4 Å². The van der Waals surface area contributed by atoms with Crippen LogP contribution in [0, 0.1) is 20.8 Å². The van der Waals surface area contributed by atoms with Crippen LogP contribution in [-0.2, 0) is 21.2 Å². The van der Waals surface area contributed by atoms with Gasteiger partial charge in [0.25, 0.3) is 0 Å². The Morgan fingerprint density at radius 3 is 2.17 bits per heavy atom. The van der Waals surface area contributed by atoms with Crippen LogP contribution in [0.3, 0.4) is 0 Å². The maximum Gasteiger partial charge on any atom is 0.241 e. The summed E-state index contributed by atoms with van der Waals surface area (Å²) >= 11 is 6.15. The monoisotopic (exact) mass is 525 g/mol. The van der Waals surface area contributed by atoms with E-state index in [0.29, 0.717) is 42.3 Å². The summed E-state index contributed by atoms with van der Waals surface area (Å²) in [6.45, 7) is 7.81. The first-order valence-corrected chi connectivity index (χ1v) is 13.9. The molecule has 1 fully saturated rings. The van der Waals surface area contributed by atoms with Crippen molar-refractivity contribution < 1.29 is 13.2 Å². The van der Waals surface area contributed by atoms with Gasteiger partial charge in [0, 0.05) is 36.9 Å². The second-order valence-corrected chi connectivity index (χ2v) is 11.5. The molecule has 0 spiro atoms. The Labute approximate surface area is 218 Å². The van der Waals surface area contributed by atoms with Gasteiger partial charge in [-0.1, -0.05) is 65.7 Å². The molecule has 3 aromatic rings. The van der Waals surface area contributed by atoms with Gasteiger partial charge in [-0.15, -0.1) is 0 Å². The molecular weight excluding hydrogens is 494 g/mol. The fourth-order valence-corrected chi connectivity index (χ4v) is 6.77. The Kier molecular flexibility index (Phi) is 8.03. The molecule has 3 aromatic carbocycles. The number of nitrogens with one attached hydrogen (secondary N) is 1. The van der Waals surface area contributed by atoms with Crippen molar-refractivity contribution in [2.45, 2.75) is 38.1 Å². The molecular formula is C28H32ClN3O3S. The van der Waals surface area contributed by atoms with Crippen molar-refractivity contribution in [1.82, 2.24) is 9.62 Å². The molecule has 0 saturated carbocycles. The van der Waals surface area contributed by atoms with Crippen LogP contribution in [0.5, 0.6) is 0 Å². The van der Waals surface area contributed by atoms with Gasteiger partial charge in [-0.05, 0) is 62.1 Å². The molecule has 8 heteroatoms. The minimum Gasteiger partial charge on any atom is -0.368 e. The molecule has 0 bridgehead atoms. The van der Waals surface area contributed by atoms with E-state index in [9.17, 15) is 13.2 Å². The van der Waals surface area contributed by atoms with E-state index < -0.39 is 16.1 Å². The van der Waals surface area contributed by atoms with E-state index in [1.165, 1.54) is 0 Å². The molecule has 1 aliphatic rings. The van der Waals surface area contributed by atoms with Gasteiger partial charge in [0.1, 0.15) is 6.04 Å². The number of carbonyl (C=O) groups is 1. The van der Waals surface area contributed by atoms with Gasteiger partial charge in [0.15, 0.2) is 0 Å². The van der Waals surface area contributed by atoms with Gasteiger partial charge >= 0.3 is 0 Å². The van der Waals surface area contributed by atoms with E-state index in [-0.39, 0.29) is 17.2 Å². The Morgan fingerprint density at radius 1 is 0.917 bits per heavy atom. The van der Waals surface area contributed by atoms with E-state index in [1.54, 1.807) is 18.7 Å². The minimum absolute atomic E-state index is 0.212. The summed E-state index contributed by atoms with van der Waals surface area (Å²) in [6, 6.07) is 20.0. The lowest BCUT2D eigenvalue weighted by molar-refractivity contribution is -0.133. The fourth-order valence-electron chi connectivity index (χ4n) is 4.94. The van der Waals surface area contributed by atoms with Crippen molar-refractivity contribution in [3.63, 3.8) is 0 Å². The number of halogens is 1. The molecule has 1 aliphatic heterocycles. The van der Waals surface area contributed by atoms with E-state index in [0.717, 1.165) is 16.8 Å². The van der Waals surface area contributed by atoms with Crippen molar-refractivity contribution in [3.8, 4) is 0 Å². The number of nitrogens with zero attached hydrogens (tertiary/aromatic N) is 2. The highest BCUT2D eigenvalue weighted by Gasteiger charge is 2.32. The lowest BCUT2D eigenvalue weighted by atomic mass is 10.1. The number of anilines is 1. The van der Waals surface area contributed by atoms with Crippen molar-refractivity contribution in [3.05, 3.63) is 94.0 Å². The molecule has 4 rings (SSSR count). The van der Waals surface area contributed by atoms with Crippen molar-refractivity contribution in [1.29, 1.82) is 0 Å². The number of sulfonamides is 1. The van der Waals surface area contributed by atoms with Crippen LogP contribution < -0.4 is 9.62 Å². The lowest BCUT2D eigenvalue weighted by Gasteiger charge is -2.37. The van der Waals surface area contributed by atoms with Crippen LogP contribution in [0.15, 0.2) is 71.6 Å². The van der Waals surface area contributed by atoms with Crippen molar-refractivity contribution in [2.24, 2.45) is 0 Å². The minimum atomic E-state index is -3.92. The number of carbonyl (C=O) groups excluding carboxylic acids is 1. The number of rotatable bonds is 7. The Bertz CT molecular complexity index is 1310. The molecule has 1 amide bonds. The average Bonchev–Trinajstić information content (AvgIpc) is 2.83. The fraction of sp³-hybridized carbons (Fsp3) is 0.321. The van der Waals surface area contributed by atoms with Gasteiger partial charge in [-0.25, -0.2) is 8.42 Å². The summed E-state index contributed by atoms with van der Waals surface area (Å²) in [4.78, 5) is 17.9. The van der Waals surface area contributed by atoms with Crippen LogP contribution >= 0.6 is 11.6 Å². The molecule has 0 aromatic heterocycles. The summed E-state index contributed by atoms with van der Waals surface area (Å²) in [6.07, 6.45) is 0.275. The van der Waals surface area contributed by atoms with E-state index in [1.807, 2.05) is 73.7 Å². The van der Waals surface area contributed by atoms with Crippen LogP contribution in [0.4, 0.5) is 5.69 Å². The highest BCUT2D eigenvalue weighted by Crippen LogP contribution is 2.24. The topological polar surface area (TPSA) is 69.7 Å². The summed E-state index contributed by atoms with van der Waals surface area (Å²) in [5, 5.41) is 0.671. The maximum absolute atomic E-state index is 13.7. The largest absolute Gasteiger partial charge is 0.368 e. The Morgan fingerprint density at radius 2 is 1.56 bits per heavy atom. The summed E-state index contributed by atoms with van der Waals surface area (Å²) in [5.74, 6) is -0.212. The van der Waals surface area contributed by atoms with Gasteiger partial charge in [-0.2, -0.15) is 4.72 Å². The standard InChI is InChI=1S/C28H32ClN3O3S/c1-20-16-21(2)27(22(3)17-20)36(34,35)30-26(18-23-8-5-4-6-9-23)28(33)32-14-12-31(13-15-32)25-11-7-10-24(29)19-25/h4-11,16-17,19,26,30H,12-15,18H2,1-3H3/t26-/m0/s1. The molecule has 36 heavy (non-hydrogen) atoms. The first-order valence-electron chi connectivity index (χ1n) is 12.1. The molecule has 190 valence electrons. The predicted molar refractivity (Wildman–Crippen MR) is 145 cm³/mol. The van der Waals surface area contributed by atoms with Crippen LogP contribution in [0.2, 0.25) is 5.02 Å². The normalized spacial score (nSPS) is 15.1. The van der Waals surface area contributed by atoms with Crippen LogP contribution in [0.1, 0.15) is 22.3 Å². The number of amides is 1. The highest BCUT2D eigenvalue weighted by atomic mass is 35.5. The molecule has 1 N–H and O–H groups in total. The molecule has 1 heterocycles. The second-order valence-electron chi connectivity index (χ2n) is 9.38. The van der Waals surface area contributed by atoms with E-state index in [4.69, 9.17) is 11.6 Å². The van der Waals surface area contributed by atoms with E-state index in [2.05, 4.69) is 9.62 Å². The summed E-state index contributed by atoms with van der Waals surface area (Å²) < 4.78 is 29.8. The van der Waals surface area contributed by atoms with Gasteiger partial charge in [0.05, 0.1) is 4.90 Å². The lowest BCUT2D eigenvalue weighted by Crippen LogP contribution is -2.55. The Hall–Kier alpha value is -2.87. The number of piperazine rings is 1. The summed E-state index contributed by atoms with van der Waals surface area (Å²) in [5.41, 5.74) is 4.25. The first-order chi connectivity index (χ1) is 17.1. The van der Waals surface area contributed by atoms with Gasteiger partial charge < -0.3 is 9.80 Å². The number of hydrogen-bond acceptors (Lipinski definition) is 4. The molecule has 0 aliphatic carbocycles. The molecule has 6 nitrogen and oxygen atoms in total. The average molecular weight is 526 g/mol. The molecule has 1 saturated heterocycles. The second kappa shape index (κ2) is 11.0. The summed E-state index contributed by atoms with van der Waals surface area (Å²) in [7, 11) is -3.92. The third-order valence-corrected chi connectivity index (χ3v) is 8.53. The maximum atomic E-state index is 13.7. The van der Waals surface area contributed by atoms with E-state index >= 15 is 0 Å². The number of benzene rings is 3. The highest BCUT2D eigenvalue weighted by molar-refractivity contribution is 7.89. The third kappa shape index (κ3) is 6.09. The van der Waals surface area contributed by atoms with Gasteiger partial charge in [-0.3, -0.25) is 4.79 Å². The first kappa shape index (κ1) is 26.2. The molecule has 1 atom stereocenters. The zero-order chi connectivity index (χ0) is 25.9. The zero-order valence-corrected chi connectivity index (χ0v) is 22.4. The SMILES string of the molecule is Cc1cc(C)c(S(=O)(=O)N[C@@H](Cc2ccccc2)C(=O)N2CCN(c3cccc(Cl)c3)CC2)c(C)c1. The Balaban J connectivity index is 1.55. The van der Waals surface area contributed by atoms with Crippen LogP contribution in [0.25, 0.3) is 0 Å². The molecule has 0 radical (unpaired) electrons. The third-order valence-electron chi connectivity index (χ3n) is 6.52. The van der Waals surface area contributed by atoms with Crippen molar-refractivity contribution in [2.75, 3.05) is 31.1 Å². The zero-order valence-electron chi connectivity index (χ0n) is 20.9. The van der Waals surface area contributed by atoms with Crippen molar-refractivity contribution >= 4 is 33.2 Å². The number of aryl methyl sites for hydroxylation is 3. The number of hydrogen-bond donors (Lipinski definition) is 1.